The van der Waals surface area contributed by atoms with Crippen LogP contribution in [0.1, 0.15) is 6.42 Å². The van der Waals surface area contributed by atoms with Gasteiger partial charge in [-0.25, -0.2) is 0 Å². The Kier molecular flexibility index (Phi) is 4.58. The summed E-state index contributed by atoms with van der Waals surface area (Å²) in [5, 5.41) is 0.680. The van der Waals surface area contributed by atoms with E-state index in [1.54, 1.807) is 6.07 Å². The lowest BCUT2D eigenvalue weighted by Gasteiger charge is -1.99. The number of halogens is 1. The molecule has 1 aromatic carbocycles. The predicted octanol–water partition coefficient (Wildman–Crippen LogP) is 3.02. The molecule has 1 rings (SSSR count). The van der Waals surface area contributed by atoms with E-state index in [1.165, 1.54) is 11.8 Å². The summed E-state index contributed by atoms with van der Waals surface area (Å²) in [5.41, 5.74) is 0. The molecule has 0 amide bonds. The lowest BCUT2D eigenvalue weighted by atomic mass is 10.3. The highest BCUT2D eigenvalue weighted by atomic mass is 35.5. The first-order valence-corrected chi connectivity index (χ1v) is 5.42. The SMILES string of the molecule is C#CCC(=O)CSc1cccc(Cl)c1. The van der Waals surface area contributed by atoms with Crippen molar-refractivity contribution in [2.45, 2.75) is 11.3 Å². The Morgan fingerprint density at radius 2 is 2.36 bits per heavy atom. The van der Waals surface area contributed by atoms with Gasteiger partial charge in [0.15, 0.2) is 5.78 Å². The second-order valence-electron chi connectivity index (χ2n) is 2.67. The van der Waals surface area contributed by atoms with Crippen LogP contribution in [0.5, 0.6) is 0 Å². The molecule has 0 heterocycles. The number of carbonyl (C=O) groups excluding carboxylic acids is 1. The van der Waals surface area contributed by atoms with E-state index in [4.69, 9.17) is 18.0 Å². The van der Waals surface area contributed by atoms with Gasteiger partial charge in [-0.2, -0.15) is 0 Å². The van der Waals surface area contributed by atoms with Crippen molar-refractivity contribution in [3.8, 4) is 12.3 Å². The van der Waals surface area contributed by atoms with Gasteiger partial charge in [0.1, 0.15) is 0 Å². The maximum absolute atomic E-state index is 11.1. The number of terminal acetylenes is 1. The number of rotatable bonds is 4. The van der Waals surface area contributed by atoms with Gasteiger partial charge >= 0.3 is 0 Å². The minimum atomic E-state index is 0.0671. The van der Waals surface area contributed by atoms with E-state index in [2.05, 4.69) is 5.92 Å². The van der Waals surface area contributed by atoms with Crippen molar-refractivity contribution in [1.29, 1.82) is 0 Å². The average Bonchev–Trinajstić information content (AvgIpc) is 2.15. The van der Waals surface area contributed by atoms with Crippen LogP contribution in [0.15, 0.2) is 29.2 Å². The van der Waals surface area contributed by atoms with Gasteiger partial charge in [0.2, 0.25) is 0 Å². The maximum Gasteiger partial charge on any atom is 0.154 e. The third kappa shape index (κ3) is 3.87. The molecule has 0 saturated carbocycles. The molecule has 0 bridgehead atoms. The summed E-state index contributed by atoms with van der Waals surface area (Å²) in [7, 11) is 0. The fourth-order valence-corrected chi connectivity index (χ4v) is 1.96. The molecule has 14 heavy (non-hydrogen) atoms. The minimum absolute atomic E-state index is 0.0671. The first kappa shape index (κ1) is 11.2. The van der Waals surface area contributed by atoms with Gasteiger partial charge in [-0.15, -0.1) is 18.2 Å². The Balaban J connectivity index is 2.46. The molecule has 0 unspecified atom stereocenters. The molecule has 1 nitrogen and oxygen atoms in total. The first-order chi connectivity index (χ1) is 6.72. The van der Waals surface area contributed by atoms with Crippen LogP contribution in [-0.2, 0) is 4.79 Å². The van der Waals surface area contributed by atoms with Crippen molar-refractivity contribution in [1.82, 2.24) is 0 Å². The maximum atomic E-state index is 11.1. The molecule has 0 aliphatic rings. The van der Waals surface area contributed by atoms with Crippen LogP contribution in [0.3, 0.4) is 0 Å². The van der Waals surface area contributed by atoms with Crippen molar-refractivity contribution in [2.24, 2.45) is 0 Å². The normalized spacial score (nSPS) is 9.43. The highest BCUT2D eigenvalue weighted by molar-refractivity contribution is 8.00. The number of carbonyl (C=O) groups is 1. The summed E-state index contributed by atoms with van der Waals surface area (Å²) >= 11 is 7.24. The third-order valence-corrected chi connectivity index (χ3v) is 2.78. The van der Waals surface area contributed by atoms with Gasteiger partial charge in [-0.3, -0.25) is 4.79 Å². The van der Waals surface area contributed by atoms with Crippen LogP contribution in [0, 0.1) is 12.3 Å². The zero-order chi connectivity index (χ0) is 10.4. The zero-order valence-corrected chi connectivity index (χ0v) is 9.07. The quantitative estimate of drug-likeness (QED) is 0.578. The van der Waals surface area contributed by atoms with E-state index >= 15 is 0 Å². The number of thioether (sulfide) groups is 1. The topological polar surface area (TPSA) is 17.1 Å². The zero-order valence-electron chi connectivity index (χ0n) is 7.50. The molecule has 0 aliphatic carbocycles. The predicted molar refractivity (Wildman–Crippen MR) is 60.6 cm³/mol. The number of hydrogen-bond acceptors (Lipinski definition) is 2. The Bertz CT molecular complexity index is 368. The molecule has 0 radical (unpaired) electrons. The molecule has 0 atom stereocenters. The Labute approximate surface area is 92.8 Å². The highest BCUT2D eigenvalue weighted by Crippen LogP contribution is 2.21. The van der Waals surface area contributed by atoms with E-state index in [-0.39, 0.29) is 12.2 Å². The lowest BCUT2D eigenvalue weighted by molar-refractivity contribution is -0.115. The number of Topliss-reactive ketones (excluding diaryl/α,β-unsaturated/α-hetero) is 1. The van der Waals surface area contributed by atoms with Gasteiger partial charge in [0.05, 0.1) is 12.2 Å². The van der Waals surface area contributed by atoms with Crippen LogP contribution in [-0.4, -0.2) is 11.5 Å². The van der Waals surface area contributed by atoms with Crippen LogP contribution >= 0.6 is 23.4 Å². The smallest absolute Gasteiger partial charge is 0.154 e. The monoisotopic (exact) mass is 224 g/mol. The Hall–Kier alpha value is -0.910. The molecule has 0 spiro atoms. The summed E-state index contributed by atoms with van der Waals surface area (Å²) in [6.07, 6.45) is 5.22. The fourth-order valence-electron chi connectivity index (χ4n) is 0.885. The van der Waals surface area contributed by atoms with Crippen LogP contribution in [0.25, 0.3) is 0 Å². The van der Waals surface area contributed by atoms with Crippen molar-refractivity contribution >= 4 is 29.1 Å². The second kappa shape index (κ2) is 5.74. The first-order valence-electron chi connectivity index (χ1n) is 4.06. The molecule has 0 saturated heterocycles. The van der Waals surface area contributed by atoms with Crippen LogP contribution in [0.2, 0.25) is 5.02 Å². The highest BCUT2D eigenvalue weighted by Gasteiger charge is 2.01. The molecular formula is C11H9ClOS. The van der Waals surface area contributed by atoms with Gasteiger partial charge in [0, 0.05) is 9.92 Å². The van der Waals surface area contributed by atoms with Crippen LogP contribution in [0.4, 0.5) is 0 Å². The minimum Gasteiger partial charge on any atom is -0.298 e. The summed E-state index contributed by atoms with van der Waals surface area (Å²) in [6.45, 7) is 0. The van der Waals surface area contributed by atoms with Crippen molar-refractivity contribution in [3.05, 3.63) is 29.3 Å². The summed E-state index contributed by atoms with van der Waals surface area (Å²) in [5.74, 6) is 2.80. The molecule has 0 aliphatic heterocycles. The van der Waals surface area contributed by atoms with Gasteiger partial charge < -0.3 is 0 Å². The molecule has 0 aromatic heterocycles. The molecule has 0 N–H and O–H groups in total. The van der Waals surface area contributed by atoms with Crippen molar-refractivity contribution < 1.29 is 4.79 Å². The van der Waals surface area contributed by atoms with Gasteiger partial charge in [-0.05, 0) is 18.2 Å². The van der Waals surface area contributed by atoms with Crippen molar-refractivity contribution in [2.75, 3.05) is 5.75 Å². The summed E-state index contributed by atoms with van der Waals surface area (Å²) in [6, 6.07) is 7.40. The Morgan fingerprint density at radius 1 is 1.57 bits per heavy atom. The summed E-state index contributed by atoms with van der Waals surface area (Å²) in [4.78, 5) is 12.1. The van der Waals surface area contributed by atoms with Gasteiger partial charge in [-0.1, -0.05) is 23.6 Å². The number of benzene rings is 1. The van der Waals surface area contributed by atoms with E-state index < -0.39 is 0 Å². The molecule has 0 fully saturated rings. The number of hydrogen-bond donors (Lipinski definition) is 0. The molecule has 1 aromatic rings. The summed E-state index contributed by atoms with van der Waals surface area (Å²) < 4.78 is 0. The largest absolute Gasteiger partial charge is 0.298 e. The molecule has 72 valence electrons. The van der Waals surface area contributed by atoms with E-state index in [0.29, 0.717) is 10.8 Å². The lowest BCUT2D eigenvalue weighted by Crippen LogP contribution is -1.98. The Morgan fingerprint density at radius 3 is 3.00 bits per heavy atom. The van der Waals surface area contributed by atoms with E-state index in [9.17, 15) is 4.79 Å². The standard InChI is InChI=1S/C11H9ClOS/c1-2-4-10(13)8-14-11-6-3-5-9(12)7-11/h1,3,5-7H,4,8H2. The van der Waals surface area contributed by atoms with Crippen LogP contribution < -0.4 is 0 Å². The van der Waals surface area contributed by atoms with Gasteiger partial charge in [0.25, 0.3) is 0 Å². The second-order valence-corrected chi connectivity index (χ2v) is 4.15. The fraction of sp³-hybridized carbons (Fsp3) is 0.182. The van der Waals surface area contributed by atoms with Crippen molar-refractivity contribution in [3.63, 3.8) is 0 Å². The molecule has 3 heteroatoms. The third-order valence-electron chi connectivity index (χ3n) is 1.50. The average molecular weight is 225 g/mol. The molecular weight excluding hydrogens is 216 g/mol. The van der Waals surface area contributed by atoms with E-state index in [0.717, 1.165) is 4.90 Å². The number of ketones is 1. The van der Waals surface area contributed by atoms with E-state index in [1.807, 2.05) is 18.2 Å².